The number of amides is 1. The first-order valence-corrected chi connectivity index (χ1v) is 8.60. The molecule has 0 unspecified atom stereocenters. The van der Waals surface area contributed by atoms with Crippen LogP contribution in [0.15, 0.2) is 29.1 Å². The maximum atomic E-state index is 12.5. The molecule has 1 aromatic heterocycles. The van der Waals surface area contributed by atoms with Crippen LogP contribution in [0, 0.1) is 19.8 Å². The van der Waals surface area contributed by atoms with Crippen molar-refractivity contribution < 1.29 is 14.3 Å². The number of fused-ring (bicyclic) bond motifs is 1. The van der Waals surface area contributed by atoms with E-state index >= 15 is 0 Å². The fourth-order valence-corrected chi connectivity index (χ4v) is 3.15. The number of carbonyl (C=O) groups excluding carboxylic acids is 1. The molecule has 7 nitrogen and oxygen atoms in total. The Labute approximate surface area is 152 Å². The molecule has 0 saturated heterocycles. The van der Waals surface area contributed by atoms with E-state index in [0.717, 1.165) is 22.8 Å². The Hall–Kier alpha value is -2.83. The van der Waals surface area contributed by atoms with E-state index in [2.05, 4.69) is 10.3 Å². The van der Waals surface area contributed by atoms with Crippen LogP contribution in [0.25, 0.3) is 0 Å². The van der Waals surface area contributed by atoms with Gasteiger partial charge in [-0.3, -0.25) is 9.36 Å². The Morgan fingerprint density at radius 2 is 2.19 bits per heavy atom. The topological polar surface area (TPSA) is 82.5 Å². The number of methoxy groups -OCH3 is 1. The van der Waals surface area contributed by atoms with Gasteiger partial charge in [0.1, 0.15) is 18.1 Å². The first kappa shape index (κ1) is 18.0. The van der Waals surface area contributed by atoms with Crippen molar-refractivity contribution in [2.45, 2.75) is 26.8 Å². The van der Waals surface area contributed by atoms with Crippen molar-refractivity contribution in [1.29, 1.82) is 0 Å². The molecule has 1 atom stereocenters. The van der Waals surface area contributed by atoms with Crippen molar-refractivity contribution in [2.75, 3.05) is 20.3 Å². The summed E-state index contributed by atoms with van der Waals surface area (Å²) in [5, 5.41) is 2.89. The molecule has 3 rings (SSSR count). The van der Waals surface area contributed by atoms with Crippen LogP contribution in [0.2, 0.25) is 0 Å². The molecular formula is C19H23N3O4. The van der Waals surface area contributed by atoms with E-state index in [1.54, 1.807) is 18.6 Å². The van der Waals surface area contributed by atoms with E-state index < -0.39 is 0 Å². The number of aromatic nitrogens is 2. The summed E-state index contributed by atoms with van der Waals surface area (Å²) >= 11 is 0. The van der Waals surface area contributed by atoms with Gasteiger partial charge in [-0.1, -0.05) is 0 Å². The van der Waals surface area contributed by atoms with E-state index in [4.69, 9.17) is 9.47 Å². The van der Waals surface area contributed by atoms with E-state index in [1.165, 1.54) is 0 Å². The van der Waals surface area contributed by atoms with Crippen LogP contribution in [-0.2, 0) is 17.8 Å². The number of carbonyl (C=O) groups is 1. The van der Waals surface area contributed by atoms with Crippen LogP contribution in [-0.4, -0.2) is 35.7 Å². The summed E-state index contributed by atoms with van der Waals surface area (Å²) in [7, 11) is 1.61. The lowest BCUT2D eigenvalue weighted by atomic mass is 9.96. The first-order valence-electron chi connectivity index (χ1n) is 8.60. The summed E-state index contributed by atoms with van der Waals surface area (Å²) < 4.78 is 12.5. The Balaban J connectivity index is 1.58. The third kappa shape index (κ3) is 3.87. The van der Waals surface area contributed by atoms with Crippen LogP contribution < -0.4 is 20.5 Å². The molecule has 2 heterocycles. The minimum absolute atomic E-state index is 0.0794. The Morgan fingerprint density at radius 3 is 2.92 bits per heavy atom. The molecule has 0 aliphatic carbocycles. The van der Waals surface area contributed by atoms with Crippen LogP contribution in [0.3, 0.4) is 0 Å². The van der Waals surface area contributed by atoms with Gasteiger partial charge >= 0.3 is 5.69 Å². The molecule has 0 bridgehead atoms. The predicted octanol–water partition coefficient (Wildman–Crippen LogP) is 1.24. The highest BCUT2D eigenvalue weighted by Crippen LogP contribution is 2.30. The van der Waals surface area contributed by atoms with Crippen LogP contribution >= 0.6 is 0 Å². The zero-order valence-electron chi connectivity index (χ0n) is 15.2. The highest BCUT2D eigenvalue weighted by atomic mass is 16.5. The monoisotopic (exact) mass is 357 g/mol. The summed E-state index contributed by atoms with van der Waals surface area (Å²) in [6.45, 7) is 4.75. The first-order chi connectivity index (χ1) is 12.5. The third-order valence-corrected chi connectivity index (χ3v) is 4.53. The number of aryl methyl sites for hydroxylation is 2. The van der Waals surface area contributed by atoms with Gasteiger partial charge in [0, 0.05) is 24.5 Å². The Bertz CT molecular complexity index is 876. The lowest BCUT2D eigenvalue weighted by Crippen LogP contribution is -2.40. The molecule has 1 aliphatic heterocycles. The molecule has 1 N–H and O–H groups in total. The summed E-state index contributed by atoms with van der Waals surface area (Å²) in [5.74, 6) is 1.20. The summed E-state index contributed by atoms with van der Waals surface area (Å²) in [4.78, 5) is 28.3. The molecule has 0 radical (unpaired) electrons. The standard InChI is InChI=1S/C19H23N3O4/c1-12-8-13(2)22(19(24)21-12)7-6-20-18(23)15-9-14-10-16(25-3)4-5-17(14)26-11-15/h4-5,8,10,15H,6-7,9,11H2,1-3H3,(H,20,23)/t15-/m0/s1. The largest absolute Gasteiger partial charge is 0.497 e. The lowest BCUT2D eigenvalue weighted by molar-refractivity contribution is -0.126. The third-order valence-electron chi connectivity index (χ3n) is 4.53. The zero-order valence-corrected chi connectivity index (χ0v) is 15.2. The maximum Gasteiger partial charge on any atom is 0.348 e. The maximum absolute atomic E-state index is 12.5. The highest BCUT2D eigenvalue weighted by Gasteiger charge is 2.26. The number of rotatable bonds is 5. The summed E-state index contributed by atoms with van der Waals surface area (Å²) in [6.07, 6.45) is 0.601. The van der Waals surface area contributed by atoms with Crippen LogP contribution in [0.4, 0.5) is 0 Å². The zero-order chi connectivity index (χ0) is 18.7. The van der Waals surface area contributed by atoms with Crippen molar-refractivity contribution in [2.24, 2.45) is 5.92 Å². The second kappa shape index (κ2) is 7.59. The van der Waals surface area contributed by atoms with Crippen molar-refractivity contribution in [3.05, 3.63) is 51.7 Å². The quantitative estimate of drug-likeness (QED) is 0.870. The molecule has 138 valence electrons. The molecule has 7 heteroatoms. The molecule has 0 fully saturated rings. The van der Waals surface area contributed by atoms with Gasteiger partial charge in [-0.25, -0.2) is 4.79 Å². The SMILES string of the molecule is COc1ccc2c(c1)C[C@H](C(=O)NCCn1c(C)cc(C)nc1=O)CO2. The fraction of sp³-hybridized carbons (Fsp3) is 0.421. The van der Waals surface area contributed by atoms with E-state index in [9.17, 15) is 9.59 Å². The van der Waals surface area contributed by atoms with Gasteiger partial charge in [0.15, 0.2) is 0 Å². The Morgan fingerprint density at radius 1 is 1.38 bits per heavy atom. The summed E-state index contributed by atoms with van der Waals surface area (Å²) in [5.41, 5.74) is 2.20. The summed E-state index contributed by atoms with van der Waals surface area (Å²) in [6, 6.07) is 7.45. The molecule has 0 spiro atoms. The average molecular weight is 357 g/mol. The molecule has 0 saturated carbocycles. The van der Waals surface area contributed by atoms with Crippen molar-refractivity contribution in [3.8, 4) is 11.5 Å². The van der Waals surface area contributed by atoms with Gasteiger partial charge in [-0.15, -0.1) is 0 Å². The number of hydrogen-bond donors (Lipinski definition) is 1. The highest BCUT2D eigenvalue weighted by molar-refractivity contribution is 5.79. The minimum Gasteiger partial charge on any atom is -0.497 e. The number of ether oxygens (including phenoxy) is 2. The van der Waals surface area contributed by atoms with E-state index in [0.29, 0.717) is 31.8 Å². The predicted molar refractivity (Wildman–Crippen MR) is 96.7 cm³/mol. The molecule has 2 aromatic rings. The Kier molecular flexibility index (Phi) is 5.25. The second-order valence-corrected chi connectivity index (χ2v) is 6.45. The molecule has 1 aliphatic rings. The number of nitrogens with one attached hydrogen (secondary N) is 1. The van der Waals surface area contributed by atoms with Gasteiger partial charge in [0.2, 0.25) is 5.91 Å². The molecule has 1 aromatic carbocycles. The molecular weight excluding hydrogens is 334 g/mol. The van der Waals surface area contributed by atoms with Gasteiger partial charge in [-0.05, 0) is 50.1 Å². The average Bonchev–Trinajstić information content (AvgIpc) is 2.62. The van der Waals surface area contributed by atoms with Gasteiger partial charge in [0.25, 0.3) is 0 Å². The van der Waals surface area contributed by atoms with E-state index in [-0.39, 0.29) is 17.5 Å². The fourth-order valence-electron chi connectivity index (χ4n) is 3.15. The lowest BCUT2D eigenvalue weighted by Gasteiger charge is -2.25. The number of nitrogens with zero attached hydrogens (tertiary/aromatic N) is 2. The minimum atomic E-state index is -0.293. The molecule has 26 heavy (non-hydrogen) atoms. The van der Waals surface area contributed by atoms with E-state index in [1.807, 2.05) is 31.2 Å². The van der Waals surface area contributed by atoms with Crippen molar-refractivity contribution in [1.82, 2.24) is 14.9 Å². The second-order valence-electron chi connectivity index (χ2n) is 6.45. The normalized spacial score (nSPS) is 15.7. The van der Waals surface area contributed by atoms with Gasteiger partial charge in [-0.2, -0.15) is 4.98 Å². The number of hydrogen-bond acceptors (Lipinski definition) is 5. The van der Waals surface area contributed by atoms with Crippen LogP contribution in [0.1, 0.15) is 17.0 Å². The van der Waals surface area contributed by atoms with Gasteiger partial charge in [0.05, 0.1) is 13.0 Å². The smallest absolute Gasteiger partial charge is 0.348 e. The van der Waals surface area contributed by atoms with Crippen molar-refractivity contribution in [3.63, 3.8) is 0 Å². The molecule has 1 amide bonds. The van der Waals surface area contributed by atoms with Crippen LogP contribution in [0.5, 0.6) is 11.5 Å². The van der Waals surface area contributed by atoms with Crippen molar-refractivity contribution >= 4 is 5.91 Å². The van der Waals surface area contributed by atoms with Gasteiger partial charge < -0.3 is 14.8 Å². The number of benzene rings is 1.